The molecule has 13 heavy (non-hydrogen) atoms. The van der Waals surface area contributed by atoms with E-state index in [-0.39, 0.29) is 0 Å². The molecule has 1 aromatic rings. The maximum Gasteiger partial charge on any atom is 0.0412 e. The Morgan fingerprint density at radius 3 is 2.92 bits per heavy atom. The van der Waals surface area contributed by atoms with Crippen molar-refractivity contribution in [2.75, 3.05) is 0 Å². The summed E-state index contributed by atoms with van der Waals surface area (Å²) in [6.07, 6.45) is 5.84. The summed E-state index contributed by atoms with van der Waals surface area (Å²) in [5, 5.41) is 2.71. The van der Waals surface area contributed by atoms with Crippen molar-refractivity contribution in [3.8, 4) is 0 Å². The number of rotatable bonds is 1. The number of fused-ring (bicyclic) bond motifs is 1. The molecule has 0 saturated heterocycles. The largest absolute Gasteiger partial charge is 0.358 e. The molecule has 70 valence electrons. The van der Waals surface area contributed by atoms with Crippen molar-refractivity contribution in [1.82, 2.24) is 4.98 Å². The van der Waals surface area contributed by atoms with E-state index in [0.717, 1.165) is 0 Å². The number of hydrogen-bond acceptors (Lipinski definition) is 0. The zero-order chi connectivity index (χ0) is 9.42. The summed E-state index contributed by atoms with van der Waals surface area (Å²) >= 11 is 0. The predicted octanol–water partition coefficient (Wildman–Crippen LogP) is 1.74. The molecule has 0 fully saturated rings. The molecule has 0 bridgehead atoms. The Labute approximate surface area is 79.2 Å². The molecule has 0 radical (unpaired) electrons. The third kappa shape index (κ3) is 1.55. The van der Waals surface area contributed by atoms with Crippen molar-refractivity contribution in [2.24, 2.45) is 5.92 Å². The molecule has 0 aliphatic heterocycles. The van der Waals surface area contributed by atoms with Crippen LogP contribution in [0.4, 0.5) is 0 Å². The summed E-state index contributed by atoms with van der Waals surface area (Å²) in [7, 11) is 0. The lowest BCUT2D eigenvalue weighted by molar-refractivity contribution is 0.796. The first-order valence-corrected chi connectivity index (χ1v) is 5.08. The van der Waals surface area contributed by atoms with E-state index in [1.807, 2.05) is 0 Å². The molecule has 0 amide bonds. The van der Waals surface area contributed by atoms with Crippen LogP contribution in [0.5, 0.6) is 0 Å². The maximum atomic E-state index is 3.47. The standard InChI is InChI=1S/C12H17N/c1-8(2)12-7-10-6-9(3)4-5-11(10)13-12/h5-9,13H,4H2,1-3H3. The fourth-order valence-corrected chi connectivity index (χ4v) is 1.81. The molecular formula is C12H17N. The second kappa shape index (κ2) is 3.06. The molecule has 0 saturated carbocycles. The van der Waals surface area contributed by atoms with E-state index < -0.39 is 0 Å². The Kier molecular flexibility index (Phi) is 2.03. The predicted molar refractivity (Wildman–Crippen MR) is 56.8 cm³/mol. The van der Waals surface area contributed by atoms with Gasteiger partial charge in [-0.3, -0.25) is 0 Å². The zero-order valence-electron chi connectivity index (χ0n) is 8.59. The van der Waals surface area contributed by atoms with Gasteiger partial charge < -0.3 is 4.98 Å². The molecule has 1 N–H and O–H groups in total. The SMILES string of the molecule is CC1C=c2cc(C(C)C)[nH]c2=CC1. The summed E-state index contributed by atoms with van der Waals surface area (Å²) in [6, 6.07) is 2.28. The van der Waals surface area contributed by atoms with Crippen LogP contribution in [0.25, 0.3) is 12.2 Å². The lowest BCUT2D eigenvalue weighted by atomic mass is 10.0. The summed E-state index contributed by atoms with van der Waals surface area (Å²) in [4.78, 5) is 3.47. The summed E-state index contributed by atoms with van der Waals surface area (Å²) in [5.74, 6) is 1.30. The van der Waals surface area contributed by atoms with Crippen LogP contribution in [-0.4, -0.2) is 4.98 Å². The Bertz CT molecular complexity index is 409. The number of nitrogens with one attached hydrogen (secondary N) is 1. The van der Waals surface area contributed by atoms with Crippen molar-refractivity contribution in [2.45, 2.75) is 33.1 Å². The molecule has 1 heterocycles. The van der Waals surface area contributed by atoms with Gasteiger partial charge in [0.1, 0.15) is 0 Å². The van der Waals surface area contributed by atoms with Gasteiger partial charge >= 0.3 is 0 Å². The van der Waals surface area contributed by atoms with E-state index >= 15 is 0 Å². The highest BCUT2D eigenvalue weighted by atomic mass is 14.7. The van der Waals surface area contributed by atoms with Gasteiger partial charge in [-0.1, -0.05) is 32.9 Å². The molecule has 0 aromatic carbocycles. The number of H-pyrrole nitrogens is 1. The van der Waals surface area contributed by atoms with Crippen LogP contribution in [0.1, 0.15) is 38.8 Å². The van der Waals surface area contributed by atoms with Crippen molar-refractivity contribution < 1.29 is 0 Å². The zero-order valence-corrected chi connectivity index (χ0v) is 8.59. The Morgan fingerprint density at radius 2 is 2.23 bits per heavy atom. The Morgan fingerprint density at radius 1 is 1.46 bits per heavy atom. The van der Waals surface area contributed by atoms with E-state index in [4.69, 9.17) is 0 Å². The normalized spacial score (nSPS) is 20.8. The smallest absolute Gasteiger partial charge is 0.0412 e. The van der Waals surface area contributed by atoms with Crippen LogP contribution >= 0.6 is 0 Å². The highest BCUT2D eigenvalue weighted by Crippen LogP contribution is 2.10. The third-order valence-electron chi connectivity index (χ3n) is 2.68. The van der Waals surface area contributed by atoms with Gasteiger partial charge in [-0.2, -0.15) is 0 Å². The van der Waals surface area contributed by atoms with Gasteiger partial charge in [0.25, 0.3) is 0 Å². The molecule has 1 aliphatic rings. The van der Waals surface area contributed by atoms with Gasteiger partial charge in [-0.05, 0) is 29.5 Å². The molecule has 1 heteroatoms. The quantitative estimate of drug-likeness (QED) is 0.669. The topological polar surface area (TPSA) is 15.8 Å². The third-order valence-corrected chi connectivity index (χ3v) is 2.68. The second-order valence-corrected chi connectivity index (χ2v) is 4.33. The lowest BCUT2D eigenvalue weighted by Crippen LogP contribution is -2.26. The van der Waals surface area contributed by atoms with Crippen LogP contribution in [-0.2, 0) is 0 Å². The molecule has 1 atom stereocenters. The van der Waals surface area contributed by atoms with Crippen molar-refractivity contribution in [3.63, 3.8) is 0 Å². The van der Waals surface area contributed by atoms with Gasteiger partial charge in [0.05, 0.1) is 0 Å². The van der Waals surface area contributed by atoms with Crippen molar-refractivity contribution in [1.29, 1.82) is 0 Å². The molecule has 1 aliphatic carbocycles. The van der Waals surface area contributed by atoms with Crippen LogP contribution in [0.3, 0.4) is 0 Å². The molecule has 1 unspecified atom stereocenters. The molecule has 2 rings (SSSR count). The first kappa shape index (κ1) is 8.61. The van der Waals surface area contributed by atoms with Crippen molar-refractivity contribution in [3.05, 3.63) is 22.3 Å². The number of aromatic nitrogens is 1. The second-order valence-electron chi connectivity index (χ2n) is 4.33. The summed E-state index contributed by atoms with van der Waals surface area (Å²) in [6.45, 7) is 6.71. The van der Waals surface area contributed by atoms with E-state index in [2.05, 4.69) is 44.0 Å². The fraction of sp³-hybridized carbons (Fsp3) is 0.500. The number of aromatic amines is 1. The van der Waals surface area contributed by atoms with Gasteiger partial charge in [-0.15, -0.1) is 0 Å². The van der Waals surface area contributed by atoms with Crippen molar-refractivity contribution >= 4 is 12.2 Å². The first-order valence-electron chi connectivity index (χ1n) is 5.08. The van der Waals surface area contributed by atoms with Crippen LogP contribution in [0.15, 0.2) is 6.07 Å². The van der Waals surface area contributed by atoms with Crippen LogP contribution < -0.4 is 10.6 Å². The number of hydrogen-bond donors (Lipinski definition) is 1. The molecular weight excluding hydrogens is 158 g/mol. The fourth-order valence-electron chi connectivity index (χ4n) is 1.81. The first-order chi connectivity index (χ1) is 6.16. The average Bonchev–Trinajstić information content (AvgIpc) is 2.46. The minimum absolute atomic E-state index is 0.600. The minimum Gasteiger partial charge on any atom is -0.358 e. The van der Waals surface area contributed by atoms with Gasteiger partial charge in [0.15, 0.2) is 0 Å². The highest BCUT2D eigenvalue weighted by Gasteiger charge is 2.06. The van der Waals surface area contributed by atoms with Gasteiger partial charge in [0, 0.05) is 11.0 Å². The molecule has 1 nitrogen and oxygen atoms in total. The Balaban J connectivity index is 2.57. The van der Waals surface area contributed by atoms with E-state index in [1.165, 1.54) is 22.7 Å². The van der Waals surface area contributed by atoms with Crippen LogP contribution in [0, 0.1) is 5.92 Å². The maximum absolute atomic E-state index is 3.47. The van der Waals surface area contributed by atoms with E-state index in [9.17, 15) is 0 Å². The Hall–Kier alpha value is -0.980. The van der Waals surface area contributed by atoms with Gasteiger partial charge in [0.2, 0.25) is 0 Å². The molecule has 0 spiro atoms. The highest BCUT2D eigenvalue weighted by molar-refractivity contribution is 5.39. The van der Waals surface area contributed by atoms with Crippen LogP contribution in [0.2, 0.25) is 0 Å². The van der Waals surface area contributed by atoms with Gasteiger partial charge in [-0.25, -0.2) is 0 Å². The average molecular weight is 175 g/mol. The van der Waals surface area contributed by atoms with E-state index in [1.54, 1.807) is 0 Å². The molecule has 1 aromatic heterocycles. The lowest BCUT2D eigenvalue weighted by Gasteiger charge is -2.03. The summed E-state index contributed by atoms with van der Waals surface area (Å²) < 4.78 is 0. The minimum atomic E-state index is 0.600. The summed E-state index contributed by atoms with van der Waals surface area (Å²) in [5.41, 5.74) is 1.35. The monoisotopic (exact) mass is 175 g/mol. The van der Waals surface area contributed by atoms with E-state index in [0.29, 0.717) is 11.8 Å².